The number of nitrogens with two attached hydrogens (primary N) is 1. The van der Waals surface area contributed by atoms with Gasteiger partial charge < -0.3 is 15.4 Å². The van der Waals surface area contributed by atoms with Gasteiger partial charge in [-0.05, 0) is 19.8 Å². The number of hydrogen-bond donors (Lipinski definition) is 1. The molecule has 2 heterocycles. The molecule has 98 valence electrons. The SMILES string of the molecule is C[C@@H]1COCCN1C(=O)CN1CCC(N)CC1. The molecule has 2 rings (SSSR count). The van der Waals surface area contributed by atoms with E-state index in [-0.39, 0.29) is 11.9 Å². The van der Waals surface area contributed by atoms with Crippen LogP contribution in [0.3, 0.4) is 0 Å². The van der Waals surface area contributed by atoms with Gasteiger partial charge in [-0.15, -0.1) is 0 Å². The average Bonchev–Trinajstić information content (AvgIpc) is 2.32. The van der Waals surface area contributed by atoms with E-state index in [1.54, 1.807) is 0 Å². The predicted octanol–water partition coefficient (Wildman–Crippen LogP) is -0.343. The highest BCUT2D eigenvalue weighted by atomic mass is 16.5. The van der Waals surface area contributed by atoms with Crippen molar-refractivity contribution in [1.29, 1.82) is 0 Å². The number of ether oxygens (including phenoxy) is 1. The van der Waals surface area contributed by atoms with E-state index in [9.17, 15) is 4.79 Å². The van der Waals surface area contributed by atoms with E-state index in [0.29, 0.717) is 25.8 Å². The number of carbonyl (C=O) groups is 1. The van der Waals surface area contributed by atoms with E-state index in [2.05, 4.69) is 4.90 Å². The molecule has 2 aliphatic rings. The first-order valence-electron chi connectivity index (χ1n) is 6.52. The Labute approximate surface area is 103 Å². The zero-order valence-electron chi connectivity index (χ0n) is 10.6. The lowest BCUT2D eigenvalue weighted by molar-refractivity contribution is -0.140. The lowest BCUT2D eigenvalue weighted by atomic mass is 10.1. The van der Waals surface area contributed by atoms with E-state index in [1.807, 2.05) is 11.8 Å². The summed E-state index contributed by atoms with van der Waals surface area (Å²) < 4.78 is 5.34. The first-order chi connectivity index (χ1) is 8.16. The maximum atomic E-state index is 12.2. The number of piperidine rings is 1. The summed E-state index contributed by atoms with van der Waals surface area (Å²) in [7, 11) is 0. The third kappa shape index (κ3) is 3.40. The third-order valence-electron chi connectivity index (χ3n) is 3.68. The molecule has 2 fully saturated rings. The van der Waals surface area contributed by atoms with Crippen molar-refractivity contribution in [3.05, 3.63) is 0 Å². The van der Waals surface area contributed by atoms with Crippen molar-refractivity contribution in [2.45, 2.75) is 31.8 Å². The highest BCUT2D eigenvalue weighted by Crippen LogP contribution is 2.11. The van der Waals surface area contributed by atoms with Crippen LogP contribution in [0, 0.1) is 0 Å². The number of likely N-dealkylation sites (tertiary alicyclic amines) is 1. The van der Waals surface area contributed by atoms with Crippen molar-refractivity contribution in [3.8, 4) is 0 Å². The Kier molecular flexibility index (Phi) is 4.36. The molecule has 0 bridgehead atoms. The monoisotopic (exact) mass is 241 g/mol. The van der Waals surface area contributed by atoms with Crippen LogP contribution in [0.15, 0.2) is 0 Å². The van der Waals surface area contributed by atoms with Crippen molar-refractivity contribution in [2.24, 2.45) is 5.73 Å². The molecule has 0 unspecified atom stereocenters. The zero-order chi connectivity index (χ0) is 12.3. The van der Waals surface area contributed by atoms with Gasteiger partial charge >= 0.3 is 0 Å². The van der Waals surface area contributed by atoms with Crippen LogP contribution in [0.4, 0.5) is 0 Å². The van der Waals surface area contributed by atoms with Gasteiger partial charge in [-0.3, -0.25) is 9.69 Å². The Morgan fingerprint density at radius 3 is 2.71 bits per heavy atom. The summed E-state index contributed by atoms with van der Waals surface area (Å²) in [6.07, 6.45) is 2.01. The van der Waals surface area contributed by atoms with Crippen molar-refractivity contribution in [1.82, 2.24) is 9.80 Å². The summed E-state index contributed by atoms with van der Waals surface area (Å²) in [6, 6.07) is 0.534. The van der Waals surface area contributed by atoms with Crippen LogP contribution >= 0.6 is 0 Å². The first-order valence-corrected chi connectivity index (χ1v) is 6.52. The fourth-order valence-electron chi connectivity index (χ4n) is 2.49. The van der Waals surface area contributed by atoms with Crippen LogP contribution in [-0.4, -0.2) is 67.2 Å². The molecule has 0 spiro atoms. The second-order valence-corrected chi connectivity index (χ2v) is 5.12. The lowest BCUT2D eigenvalue weighted by Gasteiger charge is -2.36. The Balaban J connectivity index is 1.79. The molecule has 2 N–H and O–H groups in total. The van der Waals surface area contributed by atoms with Gasteiger partial charge in [-0.25, -0.2) is 0 Å². The van der Waals surface area contributed by atoms with Gasteiger partial charge in [-0.2, -0.15) is 0 Å². The Bertz CT molecular complexity index is 264. The highest BCUT2D eigenvalue weighted by molar-refractivity contribution is 5.78. The van der Waals surface area contributed by atoms with Gasteiger partial charge in [0.15, 0.2) is 0 Å². The number of hydrogen-bond acceptors (Lipinski definition) is 4. The smallest absolute Gasteiger partial charge is 0.237 e. The maximum absolute atomic E-state index is 12.2. The summed E-state index contributed by atoms with van der Waals surface area (Å²) in [5.74, 6) is 0.233. The molecule has 0 aliphatic carbocycles. The highest BCUT2D eigenvalue weighted by Gasteiger charge is 2.26. The molecule has 2 aliphatic heterocycles. The Hall–Kier alpha value is -0.650. The largest absolute Gasteiger partial charge is 0.377 e. The molecule has 0 aromatic heterocycles. The lowest BCUT2D eigenvalue weighted by Crippen LogP contribution is -2.52. The summed E-state index contributed by atoms with van der Waals surface area (Å²) in [6.45, 7) is 6.54. The Morgan fingerprint density at radius 2 is 2.06 bits per heavy atom. The van der Waals surface area contributed by atoms with Crippen molar-refractivity contribution < 1.29 is 9.53 Å². The van der Waals surface area contributed by atoms with Crippen molar-refractivity contribution in [2.75, 3.05) is 39.4 Å². The molecule has 1 atom stereocenters. The molecule has 1 amide bonds. The molecule has 0 saturated carbocycles. The maximum Gasteiger partial charge on any atom is 0.237 e. The normalized spacial score (nSPS) is 28.4. The van der Waals surface area contributed by atoms with Crippen molar-refractivity contribution in [3.63, 3.8) is 0 Å². The molecule has 0 radical (unpaired) electrons. The van der Waals surface area contributed by atoms with Gasteiger partial charge in [0, 0.05) is 25.7 Å². The topological polar surface area (TPSA) is 58.8 Å². The molecule has 5 nitrogen and oxygen atoms in total. The summed E-state index contributed by atoms with van der Waals surface area (Å²) in [5.41, 5.74) is 5.85. The van der Waals surface area contributed by atoms with Gasteiger partial charge in [0.2, 0.25) is 5.91 Å². The third-order valence-corrected chi connectivity index (χ3v) is 3.68. The van der Waals surface area contributed by atoms with E-state index in [0.717, 1.165) is 32.5 Å². The Morgan fingerprint density at radius 1 is 1.35 bits per heavy atom. The zero-order valence-corrected chi connectivity index (χ0v) is 10.6. The van der Waals surface area contributed by atoms with Gasteiger partial charge in [0.05, 0.1) is 25.8 Å². The van der Waals surface area contributed by atoms with Crippen LogP contribution in [0.5, 0.6) is 0 Å². The number of rotatable bonds is 2. The van der Waals surface area contributed by atoms with Gasteiger partial charge in [0.1, 0.15) is 0 Å². The van der Waals surface area contributed by atoms with Crippen LogP contribution < -0.4 is 5.73 Å². The van der Waals surface area contributed by atoms with Crippen LogP contribution in [0.25, 0.3) is 0 Å². The average molecular weight is 241 g/mol. The minimum Gasteiger partial charge on any atom is -0.377 e. The second-order valence-electron chi connectivity index (χ2n) is 5.12. The molecule has 0 aromatic rings. The minimum atomic E-state index is 0.211. The second kappa shape index (κ2) is 5.80. The summed E-state index contributed by atoms with van der Waals surface area (Å²) >= 11 is 0. The fourth-order valence-corrected chi connectivity index (χ4v) is 2.49. The van der Waals surface area contributed by atoms with E-state index < -0.39 is 0 Å². The molecule has 0 aromatic carbocycles. The fraction of sp³-hybridized carbons (Fsp3) is 0.917. The molecular formula is C12H23N3O2. The van der Waals surface area contributed by atoms with Crippen molar-refractivity contribution >= 4 is 5.91 Å². The number of amides is 1. The van der Waals surface area contributed by atoms with E-state index in [4.69, 9.17) is 10.5 Å². The summed E-state index contributed by atoms with van der Waals surface area (Å²) in [5, 5.41) is 0. The first kappa shape index (κ1) is 12.8. The van der Waals surface area contributed by atoms with Gasteiger partial charge in [0.25, 0.3) is 0 Å². The van der Waals surface area contributed by atoms with Crippen LogP contribution in [0.1, 0.15) is 19.8 Å². The van der Waals surface area contributed by atoms with Gasteiger partial charge in [-0.1, -0.05) is 0 Å². The number of morpholine rings is 1. The van der Waals surface area contributed by atoms with Crippen LogP contribution in [0.2, 0.25) is 0 Å². The van der Waals surface area contributed by atoms with Crippen LogP contribution in [-0.2, 0) is 9.53 Å². The number of nitrogens with zero attached hydrogens (tertiary/aromatic N) is 2. The van der Waals surface area contributed by atoms with E-state index in [1.165, 1.54) is 0 Å². The number of carbonyl (C=O) groups excluding carboxylic acids is 1. The molecule has 2 saturated heterocycles. The molecular weight excluding hydrogens is 218 g/mol. The summed E-state index contributed by atoms with van der Waals surface area (Å²) in [4.78, 5) is 16.3. The van der Waals surface area contributed by atoms with E-state index >= 15 is 0 Å². The quantitative estimate of drug-likeness (QED) is 0.718. The standard InChI is InChI=1S/C12H23N3O2/c1-10-9-17-7-6-15(10)12(16)8-14-4-2-11(13)3-5-14/h10-11H,2-9,13H2,1H3/t10-/m1/s1. The predicted molar refractivity (Wildman–Crippen MR) is 65.6 cm³/mol. The molecule has 5 heteroatoms. The minimum absolute atomic E-state index is 0.211. The molecule has 17 heavy (non-hydrogen) atoms.